The Labute approximate surface area is 89.6 Å². The molecule has 0 saturated carbocycles. The Hall–Kier alpha value is -0.350. The van der Waals surface area contributed by atoms with E-state index in [9.17, 15) is 4.79 Å². The van der Waals surface area contributed by atoms with Crippen molar-refractivity contribution in [3.05, 3.63) is 39.5 Å². The molecule has 0 spiro atoms. The smallest absolute Gasteiger partial charge is 0.245 e. The summed E-state index contributed by atoms with van der Waals surface area (Å²) in [6.45, 7) is 0. The predicted octanol–water partition coefficient (Wildman–Crippen LogP) is 3.07. The summed E-state index contributed by atoms with van der Waals surface area (Å²) in [7, 11) is 0. The Morgan fingerprint density at radius 1 is 1.42 bits per heavy atom. The Morgan fingerprint density at radius 3 is 2.67 bits per heavy atom. The zero-order valence-corrected chi connectivity index (χ0v) is 9.04. The van der Waals surface area contributed by atoms with Gasteiger partial charge in [0.15, 0.2) is 0 Å². The maximum Gasteiger partial charge on any atom is 0.245 e. The predicted molar refractivity (Wildman–Crippen MR) is 59.1 cm³/mol. The van der Waals surface area contributed by atoms with Gasteiger partial charge in [-0.2, -0.15) is 0 Å². The fraction of sp³-hybridized carbons (Fsp3) is 0. The molecule has 0 aliphatic carbocycles. The van der Waals surface area contributed by atoms with Crippen LogP contribution in [0.5, 0.6) is 0 Å². The van der Waals surface area contributed by atoms with Crippen LogP contribution < -0.4 is 0 Å². The molecule has 3 heteroatoms. The molecule has 1 nitrogen and oxygen atoms in total. The SMILES string of the molecule is O=C(Cl)/C=C/c1ccccc1I. The van der Waals surface area contributed by atoms with Crippen LogP contribution >= 0.6 is 34.2 Å². The molecule has 0 N–H and O–H groups in total. The van der Waals surface area contributed by atoms with Gasteiger partial charge in [-0.05, 0) is 58.0 Å². The largest absolute Gasteiger partial charge is 0.276 e. The van der Waals surface area contributed by atoms with Crippen LogP contribution in [0.25, 0.3) is 6.08 Å². The molecule has 1 aromatic carbocycles. The first-order chi connectivity index (χ1) is 5.70. The number of rotatable bonds is 2. The van der Waals surface area contributed by atoms with Gasteiger partial charge in [-0.3, -0.25) is 4.79 Å². The molecule has 0 atom stereocenters. The van der Waals surface area contributed by atoms with E-state index in [4.69, 9.17) is 11.6 Å². The molecule has 1 rings (SSSR count). The molecule has 0 bridgehead atoms. The van der Waals surface area contributed by atoms with Crippen LogP contribution in [0, 0.1) is 3.57 Å². The van der Waals surface area contributed by atoms with Crippen molar-refractivity contribution in [3.8, 4) is 0 Å². The molecule has 0 aromatic heterocycles. The number of allylic oxidation sites excluding steroid dienone is 1. The average Bonchev–Trinajstić information content (AvgIpc) is 2.03. The van der Waals surface area contributed by atoms with E-state index in [2.05, 4.69) is 22.6 Å². The van der Waals surface area contributed by atoms with Gasteiger partial charge in [-0.25, -0.2) is 0 Å². The third-order valence-electron chi connectivity index (χ3n) is 1.30. The normalized spacial score (nSPS) is 10.5. The summed E-state index contributed by atoms with van der Waals surface area (Å²) in [5, 5.41) is -0.449. The number of halogens is 2. The van der Waals surface area contributed by atoms with Crippen molar-refractivity contribution in [2.45, 2.75) is 0 Å². The van der Waals surface area contributed by atoms with E-state index in [1.54, 1.807) is 6.08 Å². The maximum absolute atomic E-state index is 10.4. The van der Waals surface area contributed by atoms with Crippen molar-refractivity contribution in [2.75, 3.05) is 0 Å². The van der Waals surface area contributed by atoms with E-state index >= 15 is 0 Å². The van der Waals surface area contributed by atoms with Crippen LogP contribution in [0.15, 0.2) is 30.3 Å². The molecule has 0 unspecified atom stereocenters. The van der Waals surface area contributed by atoms with Crippen LogP contribution in [0.4, 0.5) is 0 Å². The van der Waals surface area contributed by atoms with Gasteiger partial charge < -0.3 is 0 Å². The fourth-order valence-electron chi connectivity index (χ4n) is 0.766. The van der Waals surface area contributed by atoms with Crippen molar-refractivity contribution >= 4 is 45.5 Å². The number of hydrogen-bond acceptors (Lipinski definition) is 1. The lowest BCUT2D eigenvalue weighted by Gasteiger charge is -1.94. The summed E-state index contributed by atoms with van der Waals surface area (Å²) in [6, 6.07) is 7.76. The molecular formula is C9H6ClIO. The third-order valence-corrected chi connectivity index (χ3v) is 2.41. The molecule has 62 valence electrons. The summed E-state index contributed by atoms with van der Waals surface area (Å²) in [4.78, 5) is 10.4. The topological polar surface area (TPSA) is 17.1 Å². The fourth-order valence-corrected chi connectivity index (χ4v) is 1.40. The lowest BCUT2D eigenvalue weighted by atomic mass is 10.2. The van der Waals surface area contributed by atoms with Crippen molar-refractivity contribution < 1.29 is 4.79 Å². The summed E-state index contributed by atoms with van der Waals surface area (Å²) >= 11 is 7.35. The van der Waals surface area contributed by atoms with Crippen molar-refractivity contribution in [1.82, 2.24) is 0 Å². The first kappa shape index (κ1) is 9.74. The van der Waals surface area contributed by atoms with E-state index < -0.39 is 5.24 Å². The highest BCUT2D eigenvalue weighted by Crippen LogP contribution is 2.12. The zero-order chi connectivity index (χ0) is 8.97. The molecule has 0 radical (unpaired) electrons. The average molecular weight is 293 g/mol. The van der Waals surface area contributed by atoms with E-state index in [-0.39, 0.29) is 0 Å². The highest BCUT2D eigenvalue weighted by atomic mass is 127. The highest BCUT2D eigenvalue weighted by Gasteiger charge is 1.93. The molecule has 0 saturated heterocycles. The van der Waals surface area contributed by atoms with Crippen LogP contribution in [0.1, 0.15) is 5.56 Å². The second-order valence-electron chi connectivity index (χ2n) is 2.16. The molecule has 12 heavy (non-hydrogen) atoms. The van der Waals surface area contributed by atoms with Gasteiger partial charge in [0.25, 0.3) is 0 Å². The van der Waals surface area contributed by atoms with Crippen molar-refractivity contribution in [1.29, 1.82) is 0 Å². The Morgan fingerprint density at radius 2 is 2.08 bits per heavy atom. The Kier molecular flexibility index (Phi) is 3.75. The van der Waals surface area contributed by atoms with Gasteiger partial charge in [0.1, 0.15) is 0 Å². The molecule has 0 aliphatic rings. The quantitative estimate of drug-likeness (QED) is 0.465. The van der Waals surface area contributed by atoms with Crippen LogP contribution in [-0.4, -0.2) is 5.24 Å². The van der Waals surface area contributed by atoms with E-state index in [1.807, 2.05) is 24.3 Å². The second-order valence-corrected chi connectivity index (χ2v) is 3.69. The molecule has 0 heterocycles. The third kappa shape index (κ3) is 2.95. The maximum atomic E-state index is 10.4. The van der Waals surface area contributed by atoms with Gasteiger partial charge in [0.2, 0.25) is 5.24 Å². The van der Waals surface area contributed by atoms with Gasteiger partial charge in [-0.1, -0.05) is 18.2 Å². The lowest BCUT2D eigenvalue weighted by Crippen LogP contribution is -1.79. The summed E-state index contributed by atoms with van der Waals surface area (Å²) in [6.07, 6.45) is 3.05. The van der Waals surface area contributed by atoms with E-state index in [0.717, 1.165) is 9.13 Å². The minimum atomic E-state index is -0.449. The van der Waals surface area contributed by atoms with Gasteiger partial charge in [-0.15, -0.1) is 0 Å². The van der Waals surface area contributed by atoms with Crippen molar-refractivity contribution in [2.24, 2.45) is 0 Å². The van der Waals surface area contributed by atoms with E-state index in [1.165, 1.54) is 6.08 Å². The molecular weight excluding hydrogens is 286 g/mol. The summed E-state index contributed by atoms with van der Waals surface area (Å²) < 4.78 is 1.10. The molecule has 0 amide bonds. The minimum Gasteiger partial charge on any atom is -0.276 e. The standard InChI is InChI=1S/C9H6ClIO/c10-9(12)6-5-7-3-1-2-4-8(7)11/h1-6H/b6-5+. The van der Waals surface area contributed by atoms with Crippen LogP contribution in [0.2, 0.25) is 0 Å². The second kappa shape index (κ2) is 4.62. The lowest BCUT2D eigenvalue weighted by molar-refractivity contribution is -0.107. The zero-order valence-electron chi connectivity index (χ0n) is 6.13. The number of carbonyl (C=O) groups is 1. The van der Waals surface area contributed by atoms with Gasteiger partial charge in [0.05, 0.1) is 0 Å². The van der Waals surface area contributed by atoms with E-state index in [0.29, 0.717) is 0 Å². The first-order valence-electron chi connectivity index (χ1n) is 3.32. The number of carbonyl (C=O) groups excluding carboxylic acids is 1. The summed E-state index contributed by atoms with van der Waals surface area (Å²) in [5.74, 6) is 0. The number of hydrogen-bond donors (Lipinski definition) is 0. The molecule has 0 fully saturated rings. The first-order valence-corrected chi connectivity index (χ1v) is 4.78. The van der Waals surface area contributed by atoms with Gasteiger partial charge in [0, 0.05) is 3.57 Å². The monoisotopic (exact) mass is 292 g/mol. The van der Waals surface area contributed by atoms with Crippen molar-refractivity contribution in [3.63, 3.8) is 0 Å². The minimum absolute atomic E-state index is 0.449. The summed E-state index contributed by atoms with van der Waals surface area (Å²) in [5.41, 5.74) is 1.01. The highest BCUT2D eigenvalue weighted by molar-refractivity contribution is 14.1. The Balaban J connectivity index is 2.89. The van der Waals surface area contributed by atoms with Crippen LogP contribution in [0.3, 0.4) is 0 Å². The number of benzene rings is 1. The Bertz CT molecular complexity index is 320. The van der Waals surface area contributed by atoms with Crippen LogP contribution in [-0.2, 0) is 4.79 Å². The van der Waals surface area contributed by atoms with Gasteiger partial charge >= 0.3 is 0 Å². The molecule has 0 aliphatic heterocycles. The molecule has 1 aromatic rings.